The van der Waals surface area contributed by atoms with Gasteiger partial charge in [0.05, 0.1) is 12.3 Å². The number of hydrogen-bond donors (Lipinski definition) is 2. The molecule has 1 saturated carbocycles. The van der Waals surface area contributed by atoms with E-state index < -0.39 is 17.9 Å². The first-order valence-corrected chi connectivity index (χ1v) is 5.62. The molecule has 2 rings (SSSR count). The molecule has 0 aliphatic heterocycles. The number of carboxylic acid groups (broad SMARTS) is 2. The lowest BCUT2D eigenvalue weighted by atomic mass is 10.1. The molecule has 90 valence electrons. The van der Waals surface area contributed by atoms with Crippen molar-refractivity contribution in [2.75, 3.05) is 0 Å². The third kappa shape index (κ3) is 4.04. The van der Waals surface area contributed by atoms with E-state index in [0.717, 1.165) is 11.8 Å². The van der Waals surface area contributed by atoms with Crippen molar-refractivity contribution in [2.24, 2.45) is 17.8 Å². The summed E-state index contributed by atoms with van der Waals surface area (Å²) < 4.78 is 0. The molecule has 2 aliphatic carbocycles. The third-order valence-electron chi connectivity index (χ3n) is 3.07. The molecule has 2 N–H and O–H groups in total. The maximum Gasteiger partial charge on any atom is 0.306 e. The monoisotopic (exact) mass is 226 g/mol. The Kier molecular flexibility index (Phi) is 4.52. The molecule has 0 saturated heterocycles. The number of allylic oxidation sites excluding steroid dienone is 2. The van der Waals surface area contributed by atoms with Gasteiger partial charge in [-0.25, -0.2) is 0 Å². The summed E-state index contributed by atoms with van der Waals surface area (Å²) in [5.41, 5.74) is 0. The number of carboxylic acids is 2. The maximum absolute atomic E-state index is 9.97. The van der Waals surface area contributed by atoms with Gasteiger partial charge in [0.1, 0.15) is 0 Å². The molecular weight excluding hydrogens is 208 g/mol. The summed E-state index contributed by atoms with van der Waals surface area (Å²) in [6.45, 7) is 1.36. The standard InChI is InChI=1S/C7H10.C5H8O4/c1-2-7-4-3-6(1)5-7;1-3(5(8)9)2-4(6)7/h1-2,6-7H,3-5H2;3H,2H2,1H3,(H,6,7)(H,8,9). The lowest BCUT2D eigenvalue weighted by molar-refractivity contribution is -0.147. The lowest BCUT2D eigenvalue weighted by Crippen LogP contribution is -2.13. The van der Waals surface area contributed by atoms with E-state index in [1.807, 2.05) is 0 Å². The minimum Gasteiger partial charge on any atom is -0.481 e. The van der Waals surface area contributed by atoms with Crippen LogP contribution in [-0.4, -0.2) is 22.2 Å². The first-order valence-electron chi connectivity index (χ1n) is 5.62. The second-order valence-corrected chi connectivity index (χ2v) is 4.56. The van der Waals surface area contributed by atoms with Crippen molar-refractivity contribution < 1.29 is 19.8 Å². The summed E-state index contributed by atoms with van der Waals surface area (Å²) in [6, 6.07) is 0. The maximum atomic E-state index is 9.97. The van der Waals surface area contributed by atoms with Gasteiger partial charge in [-0.3, -0.25) is 9.59 Å². The van der Waals surface area contributed by atoms with E-state index in [1.54, 1.807) is 0 Å². The smallest absolute Gasteiger partial charge is 0.306 e. The van der Waals surface area contributed by atoms with Crippen LogP contribution in [0.4, 0.5) is 0 Å². The van der Waals surface area contributed by atoms with Crippen molar-refractivity contribution in [1.82, 2.24) is 0 Å². The van der Waals surface area contributed by atoms with Gasteiger partial charge in [0, 0.05) is 0 Å². The molecular formula is C12H18O4. The SMILES string of the molecule is C1=CC2CCC1C2.CC(CC(=O)O)C(=O)O. The zero-order valence-corrected chi connectivity index (χ0v) is 9.43. The van der Waals surface area contributed by atoms with Crippen LogP contribution in [0, 0.1) is 17.8 Å². The third-order valence-corrected chi connectivity index (χ3v) is 3.07. The Hall–Kier alpha value is -1.32. The molecule has 4 nitrogen and oxygen atoms in total. The van der Waals surface area contributed by atoms with E-state index in [1.165, 1.54) is 26.2 Å². The summed E-state index contributed by atoms with van der Waals surface area (Å²) >= 11 is 0. The zero-order chi connectivity index (χ0) is 12.1. The van der Waals surface area contributed by atoms with E-state index in [2.05, 4.69) is 12.2 Å². The van der Waals surface area contributed by atoms with Crippen molar-refractivity contribution >= 4 is 11.9 Å². The normalized spacial score (nSPS) is 27.1. The predicted octanol–water partition coefficient (Wildman–Crippen LogP) is 2.15. The average molecular weight is 226 g/mol. The van der Waals surface area contributed by atoms with Crippen LogP contribution in [0.15, 0.2) is 12.2 Å². The number of hydrogen-bond acceptors (Lipinski definition) is 2. The van der Waals surface area contributed by atoms with Crippen molar-refractivity contribution in [3.8, 4) is 0 Å². The van der Waals surface area contributed by atoms with Crippen LogP contribution in [0.5, 0.6) is 0 Å². The molecule has 2 bridgehead atoms. The summed E-state index contributed by atoms with van der Waals surface area (Å²) in [7, 11) is 0. The highest BCUT2D eigenvalue weighted by Gasteiger charge is 2.25. The number of rotatable bonds is 3. The molecule has 0 amide bonds. The topological polar surface area (TPSA) is 74.6 Å². The van der Waals surface area contributed by atoms with Crippen LogP contribution < -0.4 is 0 Å². The largest absolute Gasteiger partial charge is 0.481 e. The van der Waals surface area contributed by atoms with Gasteiger partial charge < -0.3 is 10.2 Å². The van der Waals surface area contributed by atoms with Gasteiger partial charge in [-0.05, 0) is 31.1 Å². The van der Waals surface area contributed by atoms with Crippen LogP contribution >= 0.6 is 0 Å². The van der Waals surface area contributed by atoms with Crippen LogP contribution in [0.25, 0.3) is 0 Å². The molecule has 0 spiro atoms. The highest BCUT2D eigenvalue weighted by Crippen LogP contribution is 2.38. The molecule has 2 aliphatic rings. The molecule has 16 heavy (non-hydrogen) atoms. The second-order valence-electron chi connectivity index (χ2n) is 4.56. The van der Waals surface area contributed by atoms with Gasteiger partial charge in [-0.15, -0.1) is 0 Å². The highest BCUT2D eigenvalue weighted by molar-refractivity contribution is 5.77. The first kappa shape index (κ1) is 12.7. The molecule has 4 heteroatoms. The van der Waals surface area contributed by atoms with Gasteiger partial charge in [0.2, 0.25) is 0 Å². The van der Waals surface area contributed by atoms with Crippen molar-refractivity contribution in [3.05, 3.63) is 12.2 Å². The Morgan fingerprint density at radius 3 is 1.88 bits per heavy atom. The Morgan fingerprint density at radius 1 is 1.25 bits per heavy atom. The van der Waals surface area contributed by atoms with Crippen molar-refractivity contribution in [3.63, 3.8) is 0 Å². The Bertz CT molecular complexity index is 283. The Labute approximate surface area is 95.0 Å². The molecule has 0 aromatic rings. The molecule has 0 radical (unpaired) electrons. The zero-order valence-electron chi connectivity index (χ0n) is 9.43. The van der Waals surface area contributed by atoms with E-state index >= 15 is 0 Å². The highest BCUT2D eigenvalue weighted by atomic mass is 16.4. The summed E-state index contributed by atoms with van der Waals surface area (Å²) in [4.78, 5) is 19.8. The number of carbonyl (C=O) groups is 2. The van der Waals surface area contributed by atoms with E-state index in [9.17, 15) is 9.59 Å². The van der Waals surface area contributed by atoms with Gasteiger partial charge in [0.15, 0.2) is 0 Å². The van der Waals surface area contributed by atoms with Crippen LogP contribution in [-0.2, 0) is 9.59 Å². The molecule has 0 heterocycles. The minimum atomic E-state index is -1.08. The summed E-state index contributed by atoms with van der Waals surface area (Å²) in [5, 5.41) is 16.2. The minimum absolute atomic E-state index is 0.310. The lowest BCUT2D eigenvalue weighted by Gasteiger charge is -1.98. The number of aliphatic carboxylic acids is 2. The molecule has 3 atom stereocenters. The van der Waals surface area contributed by atoms with Crippen LogP contribution in [0.1, 0.15) is 32.6 Å². The molecule has 0 aromatic carbocycles. The fraction of sp³-hybridized carbons (Fsp3) is 0.667. The quantitative estimate of drug-likeness (QED) is 0.723. The van der Waals surface area contributed by atoms with Gasteiger partial charge >= 0.3 is 11.9 Å². The van der Waals surface area contributed by atoms with Gasteiger partial charge in [0.25, 0.3) is 0 Å². The average Bonchev–Trinajstić information content (AvgIpc) is 2.80. The van der Waals surface area contributed by atoms with E-state index in [-0.39, 0.29) is 6.42 Å². The molecule has 1 fully saturated rings. The predicted molar refractivity (Wildman–Crippen MR) is 59.0 cm³/mol. The van der Waals surface area contributed by atoms with Crippen molar-refractivity contribution in [2.45, 2.75) is 32.6 Å². The summed E-state index contributed by atoms with van der Waals surface area (Å²) in [5.74, 6) is -0.959. The van der Waals surface area contributed by atoms with Crippen LogP contribution in [0.2, 0.25) is 0 Å². The first-order chi connectivity index (χ1) is 7.49. The van der Waals surface area contributed by atoms with E-state index in [0.29, 0.717) is 0 Å². The summed E-state index contributed by atoms with van der Waals surface area (Å²) in [6.07, 6.45) is 8.88. The fourth-order valence-corrected chi connectivity index (χ4v) is 2.07. The Morgan fingerprint density at radius 2 is 1.75 bits per heavy atom. The molecule has 0 aromatic heterocycles. The van der Waals surface area contributed by atoms with Gasteiger partial charge in [-0.2, -0.15) is 0 Å². The van der Waals surface area contributed by atoms with Gasteiger partial charge in [-0.1, -0.05) is 19.1 Å². The number of fused-ring (bicyclic) bond motifs is 2. The molecule has 3 unspecified atom stereocenters. The fourth-order valence-electron chi connectivity index (χ4n) is 2.07. The Balaban J connectivity index is 0.000000163. The van der Waals surface area contributed by atoms with E-state index in [4.69, 9.17) is 10.2 Å². The van der Waals surface area contributed by atoms with Crippen LogP contribution in [0.3, 0.4) is 0 Å². The van der Waals surface area contributed by atoms with Crippen molar-refractivity contribution in [1.29, 1.82) is 0 Å². The second kappa shape index (κ2) is 5.68.